The molecule has 0 aliphatic carbocycles. The van der Waals surface area contributed by atoms with Gasteiger partial charge in [-0.25, -0.2) is 4.98 Å². The summed E-state index contributed by atoms with van der Waals surface area (Å²) < 4.78 is 4.32. The lowest BCUT2D eigenvalue weighted by atomic mass is 10.2. The molecule has 0 radical (unpaired) electrons. The molecule has 0 aliphatic heterocycles. The van der Waals surface area contributed by atoms with Gasteiger partial charge in [-0.05, 0) is 26.1 Å². The molecule has 0 spiro atoms. The monoisotopic (exact) mass is 260 g/mol. The van der Waals surface area contributed by atoms with Crippen molar-refractivity contribution >= 4 is 16.3 Å². The molecular weight excluding hydrogens is 244 g/mol. The van der Waals surface area contributed by atoms with E-state index in [0.717, 1.165) is 17.2 Å². The van der Waals surface area contributed by atoms with Gasteiger partial charge in [-0.1, -0.05) is 0 Å². The second-order valence-electron chi connectivity index (χ2n) is 4.40. The Morgan fingerprint density at radius 2 is 2.33 bits per heavy atom. The third-order valence-corrected chi connectivity index (χ3v) is 3.99. The van der Waals surface area contributed by atoms with Crippen LogP contribution in [0.4, 0.5) is 0 Å². The van der Waals surface area contributed by atoms with Crippen LogP contribution in [0.1, 0.15) is 24.4 Å². The van der Waals surface area contributed by atoms with Crippen molar-refractivity contribution in [1.82, 2.24) is 19.3 Å². The van der Waals surface area contributed by atoms with Crippen molar-refractivity contribution in [2.45, 2.75) is 19.5 Å². The minimum atomic E-state index is 0.351. The molecule has 0 bridgehead atoms. The van der Waals surface area contributed by atoms with Crippen LogP contribution >= 0.6 is 11.3 Å². The first kappa shape index (κ1) is 11.5. The van der Waals surface area contributed by atoms with E-state index in [4.69, 9.17) is 0 Å². The second kappa shape index (κ2) is 4.59. The van der Waals surface area contributed by atoms with Crippen LogP contribution in [-0.2, 0) is 6.54 Å². The SMILES string of the molecule is CNC(C)c1cccn1Cc1cn2ccsc2n1. The lowest BCUT2D eigenvalue weighted by Gasteiger charge is -2.13. The molecule has 0 fully saturated rings. The summed E-state index contributed by atoms with van der Waals surface area (Å²) >= 11 is 1.67. The zero-order valence-electron chi connectivity index (χ0n) is 10.5. The molecule has 0 saturated heterocycles. The number of hydrogen-bond acceptors (Lipinski definition) is 3. The van der Waals surface area contributed by atoms with E-state index in [1.165, 1.54) is 5.69 Å². The lowest BCUT2D eigenvalue weighted by Crippen LogP contribution is -2.17. The van der Waals surface area contributed by atoms with Crippen molar-refractivity contribution < 1.29 is 0 Å². The number of nitrogens with one attached hydrogen (secondary N) is 1. The van der Waals surface area contributed by atoms with Gasteiger partial charge in [0.25, 0.3) is 0 Å². The summed E-state index contributed by atoms with van der Waals surface area (Å²) in [6, 6.07) is 4.59. The summed E-state index contributed by atoms with van der Waals surface area (Å²) in [6.07, 6.45) is 6.25. The van der Waals surface area contributed by atoms with Crippen LogP contribution in [-0.4, -0.2) is 21.0 Å². The van der Waals surface area contributed by atoms with Crippen molar-refractivity contribution in [3.63, 3.8) is 0 Å². The Morgan fingerprint density at radius 3 is 3.11 bits per heavy atom. The highest BCUT2D eigenvalue weighted by molar-refractivity contribution is 7.15. The van der Waals surface area contributed by atoms with E-state index < -0.39 is 0 Å². The Balaban J connectivity index is 1.88. The Hall–Kier alpha value is -1.59. The number of nitrogens with zero attached hydrogens (tertiary/aromatic N) is 3. The fraction of sp³-hybridized carbons (Fsp3) is 0.308. The van der Waals surface area contributed by atoms with E-state index in [1.54, 1.807) is 11.3 Å². The van der Waals surface area contributed by atoms with Crippen LogP contribution in [0.15, 0.2) is 36.1 Å². The second-order valence-corrected chi connectivity index (χ2v) is 5.27. The normalized spacial score (nSPS) is 13.2. The standard InChI is InChI=1S/C13H16N4S/c1-10(14-2)12-4-3-5-16(12)8-11-9-17-6-7-18-13(17)15-11/h3-7,9-10,14H,8H2,1-2H3. The van der Waals surface area contributed by atoms with Crippen molar-refractivity contribution in [3.05, 3.63) is 47.5 Å². The van der Waals surface area contributed by atoms with Gasteiger partial charge in [-0.3, -0.25) is 4.40 Å². The van der Waals surface area contributed by atoms with Crippen LogP contribution < -0.4 is 5.32 Å². The molecule has 1 atom stereocenters. The summed E-state index contributed by atoms with van der Waals surface area (Å²) in [6.45, 7) is 2.99. The molecule has 18 heavy (non-hydrogen) atoms. The predicted octanol–water partition coefficient (Wildman–Crippen LogP) is 2.53. The summed E-state index contributed by atoms with van der Waals surface area (Å²) in [5.74, 6) is 0. The van der Waals surface area contributed by atoms with Gasteiger partial charge in [0.15, 0.2) is 4.96 Å². The molecule has 3 aromatic rings. The summed E-state index contributed by atoms with van der Waals surface area (Å²) in [4.78, 5) is 5.67. The van der Waals surface area contributed by atoms with Gasteiger partial charge in [0, 0.05) is 35.7 Å². The zero-order chi connectivity index (χ0) is 12.5. The van der Waals surface area contributed by atoms with E-state index in [-0.39, 0.29) is 0 Å². The van der Waals surface area contributed by atoms with E-state index in [1.807, 2.05) is 13.2 Å². The average Bonchev–Trinajstić information content (AvgIpc) is 3.03. The minimum Gasteiger partial charge on any atom is -0.344 e. The number of fused-ring (bicyclic) bond motifs is 1. The quantitative estimate of drug-likeness (QED) is 0.782. The van der Waals surface area contributed by atoms with Crippen molar-refractivity contribution in [3.8, 4) is 0 Å². The zero-order valence-corrected chi connectivity index (χ0v) is 11.3. The van der Waals surface area contributed by atoms with Crippen LogP contribution in [0, 0.1) is 0 Å². The molecule has 5 heteroatoms. The fourth-order valence-corrected chi connectivity index (χ4v) is 2.86. The van der Waals surface area contributed by atoms with Crippen LogP contribution in [0.2, 0.25) is 0 Å². The largest absolute Gasteiger partial charge is 0.344 e. The summed E-state index contributed by atoms with van der Waals surface area (Å²) in [7, 11) is 1.98. The highest BCUT2D eigenvalue weighted by atomic mass is 32.1. The molecule has 0 saturated carbocycles. The minimum absolute atomic E-state index is 0.351. The number of aromatic nitrogens is 3. The maximum Gasteiger partial charge on any atom is 0.193 e. The van der Waals surface area contributed by atoms with E-state index >= 15 is 0 Å². The van der Waals surface area contributed by atoms with Crippen molar-refractivity contribution in [2.75, 3.05) is 7.05 Å². The average molecular weight is 260 g/mol. The highest BCUT2D eigenvalue weighted by Gasteiger charge is 2.09. The molecule has 3 heterocycles. The molecule has 94 valence electrons. The van der Waals surface area contributed by atoms with Crippen LogP contribution in [0.5, 0.6) is 0 Å². The number of thiazole rings is 1. The lowest BCUT2D eigenvalue weighted by molar-refractivity contribution is 0.587. The van der Waals surface area contributed by atoms with Gasteiger partial charge in [0.1, 0.15) is 0 Å². The van der Waals surface area contributed by atoms with Gasteiger partial charge >= 0.3 is 0 Å². The summed E-state index contributed by atoms with van der Waals surface area (Å²) in [5, 5.41) is 5.32. The first-order valence-corrected chi connectivity index (χ1v) is 6.89. The molecule has 1 N–H and O–H groups in total. The van der Waals surface area contributed by atoms with Crippen LogP contribution in [0.25, 0.3) is 4.96 Å². The first-order valence-electron chi connectivity index (χ1n) is 6.01. The Bertz CT molecular complexity index is 620. The molecule has 3 rings (SSSR count). The van der Waals surface area contributed by atoms with E-state index in [9.17, 15) is 0 Å². The smallest absolute Gasteiger partial charge is 0.193 e. The molecule has 0 aliphatic rings. The number of hydrogen-bond donors (Lipinski definition) is 1. The first-order chi connectivity index (χ1) is 8.78. The van der Waals surface area contributed by atoms with Gasteiger partial charge in [0.05, 0.1) is 12.2 Å². The van der Waals surface area contributed by atoms with E-state index in [0.29, 0.717) is 6.04 Å². The Morgan fingerprint density at radius 1 is 1.44 bits per heavy atom. The molecule has 4 nitrogen and oxygen atoms in total. The maximum absolute atomic E-state index is 4.61. The molecule has 0 aromatic carbocycles. The maximum atomic E-state index is 4.61. The van der Waals surface area contributed by atoms with Crippen LogP contribution in [0.3, 0.4) is 0 Å². The Kier molecular flexibility index (Phi) is 2.93. The van der Waals surface area contributed by atoms with Gasteiger partial charge < -0.3 is 9.88 Å². The van der Waals surface area contributed by atoms with Gasteiger partial charge in [-0.2, -0.15) is 0 Å². The highest BCUT2D eigenvalue weighted by Crippen LogP contribution is 2.16. The Labute approximate surface area is 110 Å². The molecule has 3 aromatic heterocycles. The molecule has 0 amide bonds. The van der Waals surface area contributed by atoms with Crippen molar-refractivity contribution in [2.24, 2.45) is 0 Å². The summed E-state index contributed by atoms with van der Waals surface area (Å²) in [5.41, 5.74) is 2.39. The van der Waals surface area contributed by atoms with E-state index in [2.05, 4.69) is 56.1 Å². The third kappa shape index (κ3) is 1.95. The molecular formula is C13H16N4S. The molecule has 1 unspecified atom stereocenters. The topological polar surface area (TPSA) is 34.3 Å². The van der Waals surface area contributed by atoms with Gasteiger partial charge in [-0.15, -0.1) is 11.3 Å². The third-order valence-electron chi connectivity index (χ3n) is 3.22. The van der Waals surface area contributed by atoms with Crippen molar-refractivity contribution in [1.29, 1.82) is 0 Å². The van der Waals surface area contributed by atoms with Gasteiger partial charge in [0.2, 0.25) is 0 Å². The number of imidazole rings is 1. The predicted molar refractivity (Wildman–Crippen MR) is 74.1 cm³/mol. The fourth-order valence-electron chi connectivity index (χ4n) is 2.14. The number of rotatable bonds is 4.